The third-order valence-corrected chi connectivity index (χ3v) is 3.88. The molecule has 0 fully saturated rings. The van der Waals surface area contributed by atoms with Crippen LogP contribution in [0.15, 0.2) is 48.5 Å². The van der Waals surface area contributed by atoms with Gasteiger partial charge >= 0.3 is 0 Å². The molecule has 112 valence electrons. The molecule has 0 bridgehead atoms. The van der Waals surface area contributed by atoms with Gasteiger partial charge in [-0.15, -0.1) is 0 Å². The summed E-state index contributed by atoms with van der Waals surface area (Å²) in [6, 6.07) is 17.0. The van der Waals surface area contributed by atoms with Gasteiger partial charge in [0.05, 0.1) is 12.1 Å². The molecule has 2 aromatic rings. The quantitative estimate of drug-likeness (QED) is 0.815. The van der Waals surface area contributed by atoms with Crippen molar-refractivity contribution < 1.29 is 4.74 Å². The summed E-state index contributed by atoms with van der Waals surface area (Å²) in [4.78, 5) is 0. The molecule has 3 heteroatoms. The zero-order valence-electron chi connectivity index (χ0n) is 12.6. The van der Waals surface area contributed by atoms with E-state index in [2.05, 4.69) is 42.6 Å². The normalized spacial score (nSPS) is 12.1. The lowest BCUT2D eigenvalue weighted by molar-refractivity contribution is 0.414. The molecule has 2 aromatic carbocycles. The summed E-state index contributed by atoms with van der Waals surface area (Å²) in [5, 5.41) is 4.20. The van der Waals surface area contributed by atoms with Crippen molar-refractivity contribution in [1.82, 2.24) is 5.32 Å². The largest absolute Gasteiger partial charge is 0.495 e. The third kappa shape index (κ3) is 5.07. The Labute approximate surface area is 132 Å². The first kappa shape index (κ1) is 15.9. The van der Waals surface area contributed by atoms with Gasteiger partial charge < -0.3 is 10.1 Å². The van der Waals surface area contributed by atoms with Gasteiger partial charge in [-0.3, -0.25) is 0 Å². The third-order valence-electron chi connectivity index (χ3n) is 3.58. The average molecular weight is 304 g/mol. The van der Waals surface area contributed by atoms with Crippen molar-refractivity contribution in [3.05, 3.63) is 64.7 Å². The highest BCUT2D eigenvalue weighted by Gasteiger charge is 2.05. The van der Waals surface area contributed by atoms with Gasteiger partial charge in [-0.05, 0) is 43.0 Å². The molecule has 0 saturated carbocycles. The molecule has 0 heterocycles. The number of nitrogens with one attached hydrogen (secondary N) is 1. The molecule has 0 aliphatic carbocycles. The van der Waals surface area contributed by atoms with Crippen molar-refractivity contribution in [2.24, 2.45) is 0 Å². The Morgan fingerprint density at radius 3 is 2.52 bits per heavy atom. The highest BCUT2D eigenvalue weighted by atomic mass is 35.5. The molecule has 0 spiro atoms. The summed E-state index contributed by atoms with van der Waals surface area (Å²) in [5.74, 6) is 0.720. The predicted molar refractivity (Wildman–Crippen MR) is 89.1 cm³/mol. The van der Waals surface area contributed by atoms with Crippen LogP contribution in [0.3, 0.4) is 0 Å². The first-order valence-corrected chi connectivity index (χ1v) is 7.66. The van der Waals surface area contributed by atoms with Crippen LogP contribution in [0.4, 0.5) is 0 Å². The first-order valence-electron chi connectivity index (χ1n) is 7.29. The second-order valence-corrected chi connectivity index (χ2v) is 5.68. The van der Waals surface area contributed by atoms with E-state index in [-0.39, 0.29) is 0 Å². The highest BCUT2D eigenvalue weighted by molar-refractivity contribution is 6.32. The minimum Gasteiger partial charge on any atom is -0.495 e. The molecule has 0 amide bonds. The number of aryl methyl sites for hydroxylation is 1. The molecule has 1 atom stereocenters. The van der Waals surface area contributed by atoms with Crippen LogP contribution in [-0.2, 0) is 13.0 Å². The maximum absolute atomic E-state index is 6.13. The van der Waals surface area contributed by atoms with Crippen LogP contribution in [0.25, 0.3) is 0 Å². The number of benzene rings is 2. The predicted octanol–water partition coefficient (Wildman–Crippen LogP) is 4.46. The topological polar surface area (TPSA) is 21.3 Å². The van der Waals surface area contributed by atoms with Crippen molar-refractivity contribution in [1.29, 1.82) is 0 Å². The molecular formula is C18H22ClNO. The lowest BCUT2D eigenvalue weighted by Gasteiger charge is -2.14. The van der Waals surface area contributed by atoms with Crippen molar-refractivity contribution in [2.75, 3.05) is 7.11 Å². The Morgan fingerprint density at radius 1 is 1.10 bits per heavy atom. The van der Waals surface area contributed by atoms with Gasteiger partial charge in [0.2, 0.25) is 0 Å². The standard InChI is InChI=1S/C18H22ClNO/c1-14(8-9-15-6-4-3-5-7-15)20-13-16-10-11-18(21-2)17(19)12-16/h3-7,10-12,14,20H,8-9,13H2,1-2H3/t14-/m0/s1. The number of ether oxygens (including phenoxy) is 1. The van der Waals surface area contributed by atoms with Crippen LogP contribution < -0.4 is 10.1 Å². The Morgan fingerprint density at radius 2 is 1.86 bits per heavy atom. The zero-order chi connectivity index (χ0) is 15.1. The Hall–Kier alpha value is -1.51. The molecule has 0 radical (unpaired) electrons. The molecule has 2 rings (SSSR count). The van der Waals surface area contributed by atoms with E-state index in [9.17, 15) is 0 Å². The van der Waals surface area contributed by atoms with Crippen LogP contribution in [0, 0.1) is 0 Å². The van der Waals surface area contributed by atoms with Crippen molar-refractivity contribution in [3.8, 4) is 5.75 Å². The lowest BCUT2D eigenvalue weighted by Crippen LogP contribution is -2.25. The number of hydrogen-bond acceptors (Lipinski definition) is 2. The molecular weight excluding hydrogens is 282 g/mol. The summed E-state index contributed by atoms with van der Waals surface area (Å²) in [5.41, 5.74) is 2.56. The van der Waals surface area contributed by atoms with E-state index in [0.717, 1.165) is 25.1 Å². The van der Waals surface area contributed by atoms with Crippen LogP contribution in [0.2, 0.25) is 5.02 Å². The Bertz CT molecular complexity index is 556. The van der Waals surface area contributed by atoms with Crippen molar-refractivity contribution >= 4 is 11.6 Å². The van der Waals surface area contributed by atoms with Gasteiger partial charge in [0, 0.05) is 12.6 Å². The van der Waals surface area contributed by atoms with Gasteiger partial charge in [0.25, 0.3) is 0 Å². The second kappa shape index (κ2) is 8.06. The molecule has 0 aromatic heterocycles. The van der Waals surface area contributed by atoms with Crippen molar-refractivity contribution in [2.45, 2.75) is 32.4 Å². The monoisotopic (exact) mass is 303 g/mol. The summed E-state index contributed by atoms with van der Waals surface area (Å²) < 4.78 is 5.16. The van der Waals surface area contributed by atoms with Crippen LogP contribution in [0.5, 0.6) is 5.75 Å². The maximum atomic E-state index is 6.13. The van der Waals surface area contributed by atoms with Gasteiger partial charge in [0.15, 0.2) is 0 Å². The molecule has 0 saturated heterocycles. The van der Waals surface area contributed by atoms with E-state index in [4.69, 9.17) is 16.3 Å². The number of methoxy groups -OCH3 is 1. The minimum absolute atomic E-state index is 0.464. The summed E-state index contributed by atoms with van der Waals surface area (Å²) in [6.45, 7) is 3.04. The lowest BCUT2D eigenvalue weighted by atomic mass is 10.1. The van der Waals surface area contributed by atoms with Gasteiger partial charge in [-0.1, -0.05) is 48.0 Å². The van der Waals surface area contributed by atoms with E-state index in [1.54, 1.807) is 7.11 Å². The highest BCUT2D eigenvalue weighted by Crippen LogP contribution is 2.24. The molecule has 21 heavy (non-hydrogen) atoms. The Kier molecular flexibility index (Phi) is 6.09. The van der Waals surface area contributed by atoms with Gasteiger partial charge in [-0.25, -0.2) is 0 Å². The van der Waals surface area contributed by atoms with Crippen LogP contribution in [-0.4, -0.2) is 13.2 Å². The Balaban J connectivity index is 1.78. The fourth-order valence-corrected chi connectivity index (χ4v) is 2.52. The molecule has 1 N–H and O–H groups in total. The second-order valence-electron chi connectivity index (χ2n) is 5.28. The molecule has 2 nitrogen and oxygen atoms in total. The molecule has 0 aliphatic rings. The van der Waals surface area contributed by atoms with E-state index in [0.29, 0.717) is 11.1 Å². The van der Waals surface area contributed by atoms with Crippen LogP contribution in [0.1, 0.15) is 24.5 Å². The van der Waals surface area contributed by atoms with Crippen molar-refractivity contribution in [3.63, 3.8) is 0 Å². The summed E-state index contributed by atoms with van der Waals surface area (Å²) in [7, 11) is 1.63. The maximum Gasteiger partial charge on any atom is 0.137 e. The minimum atomic E-state index is 0.464. The van der Waals surface area contributed by atoms with E-state index >= 15 is 0 Å². The number of halogens is 1. The zero-order valence-corrected chi connectivity index (χ0v) is 13.4. The molecule has 0 aliphatic heterocycles. The average Bonchev–Trinajstić information content (AvgIpc) is 2.52. The van der Waals surface area contributed by atoms with E-state index in [1.165, 1.54) is 11.1 Å². The fraction of sp³-hybridized carbons (Fsp3) is 0.333. The van der Waals surface area contributed by atoms with Gasteiger partial charge in [0.1, 0.15) is 5.75 Å². The number of rotatable bonds is 7. The van der Waals surface area contributed by atoms with Gasteiger partial charge in [-0.2, -0.15) is 0 Å². The molecule has 0 unspecified atom stereocenters. The SMILES string of the molecule is COc1ccc(CN[C@@H](C)CCc2ccccc2)cc1Cl. The fourth-order valence-electron chi connectivity index (χ4n) is 2.24. The first-order chi connectivity index (χ1) is 10.2. The van der Waals surface area contributed by atoms with E-state index < -0.39 is 0 Å². The summed E-state index contributed by atoms with van der Waals surface area (Å²) in [6.07, 6.45) is 2.21. The number of hydrogen-bond donors (Lipinski definition) is 1. The van der Waals surface area contributed by atoms with Crippen LogP contribution >= 0.6 is 11.6 Å². The van der Waals surface area contributed by atoms with E-state index in [1.807, 2.05) is 18.2 Å². The summed E-state index contributed by atoms with van der Waals surface area (Å²) >= 11 is 6.13. The smallest absolute Gasteiger partial charge is 0.137 e.